The number of rotatable bonds is 4. The molecule has 0 radical (unpaired) electrons. The summed E-state index contributed by atoms with van der Waals surface area (Å²) >= 11 is 24.3. The molecule has 6 nitrogen and oxygen atoms in total. The normalized spacial score (nSPS) is 13.2. The molecule has 1 aliphatic heterocycles. The van der Waals surface area contributed by atoms with Gasteiger partial charge in [0.25, 0.3) is 11.8 Å². The molecule has 142 valence electrons. The van der Waals surface area contributed by atoms with Gasteiger partial charge in [-0.2, -0.15) is 0 Å². The minimum Gasteiger partial charge on any atom is -0.496 e. The van der Waals surface area contributed by atoms with Crippen LogP contribution in [0, 0.1) is 0 Å². The van der Waals surface area contributed by atoms with E-state index in [1.807, 2.05) is 0 Å². The molecule has 0 bridgehead atoms. The summed E-state index contributed by atoms with van der Waals surface area (Å²) < 4.78 is 10.5. The summed E-state index contributed by atoms with van der Waals surface area (Å²) in [6.45, 7) is -0.117. The van der Waals surface area contributed by atoms with Crippen molar-refractivity contribution in [2.24, 2.45) is 0 Å². The number of hydrogen-bond acceptors (Lipinski definition) is 5. The van der Waals surface area contributed by atoms with Crippen LogP contribution in [0.15, 0.2) is 12.1 Å². The second kappa shape index (κ2) is 7.28. The van der Waals surface area contributed by atoms with E-state index in [9.17, 15) is 9.59 Å². The van der Waals surface area contributed by atoms with Crippen molar-refractivity contribution in [3.05, 3.63) is 48.9 Å². The van der Waals surface area contributed by atoms with Crippen molar-refractivity contribution in [2.45, 2.75) is 6.54 Å². The highest BCUT2D eigenvalue weighted by Crippen LogP contribution is 2.45. The molecule has 0 aromatic heterocycles. The zero-order chi connectivity index (χ0) is 20.0. The van der Waals surface area contributed by atoms with E-state index in [0.29, 0.717) is 22.7 Å². The van der Waals surface area contributed by atoms with Crippen molar-refractivity contribution in [3.8, 4) is 11.5 Å². The predicted molar refractivity (Wildman–Crippen MR) is 105 cm³/mol. The molecule has 0 fully saturated rings. The number of nitrogen functional groups attached to an aromatic ring is 1. The fraction of sp³-hybridized carbons (Fsp3) is 0.176. The minimum atomic E-state index is -0.640. The highest BCUT2D eigenvalue weighted by atomic mass is 35.5. The van der Waals surface area contributed by atoms with Crippen LogP contribution in [0.5, 0.6) is 11.5 Å². The van der Waals surface area contributed by atoms with Gasteiger partial charge in [-0.3, -0.25) is 14.5 Å². The van der Waals surface area contributed by atoms with Crippen LogP contribution in [0.25, 0.3) is 0 Å². The van der Waals surface area contributed by atoms with Gasteiger partial charge in [-0.1, -0.05) is 46.4 Å². The standard InChI is InChI=1S/C17H12Cl4N2O4/c1-26-8-4-7(22)9(27-2)3-6(8)5-23-16(24)10-11(17(23)25)13(19)15(21)14(20)12(10)18/h3-4H,5,22H2,1-2H3. The summed E-state index contributed by atoms with van der Waals surface area (Å²) in [4.78, 5) is 26.6. The Kier molecular flexibility index (Phi) is 5.36. The molecule has 2 N–H and O–H groups in total. The number of ether oxygens (including phenoxy) is 2. The summed E-state index contributed by atoms with van der Waals surface area (Å²) in [5.74, 6) is -0.515. The molecule has 2 aromatic carbocycles. The van der Waals surface area contributed by atoms with Crippen molar-refractivity contribution in [3.63, 3.8) is 0 Å². The summed E-state index contributed by atoms with van der Waals surface area (Å²) in [6.07, 6.45) is 0. The van der Waals surface area contributed by atoms with Crippen molar-refractivity contribution >= 4 is 63.9 Å². The number of carbonyl (C=O) groups is 2. The van der Waals surface area contributed by atoms with Crippen molar-refractivity contribution in [1.82, 2.24) is 4.90 Å². The molecule has 2 amide bonds. The number of halogens is 4. The molecular formula is C17H12Cl4N2O4. The molecule has 0 aliphatic carbocycles. The Morgan fingerprint density at radius 1 is 0.852 bits per heavy atom. The maximum Gasteiger partial charge on any atom is 0.263 e. The van der Waals surface area contributed by atoms with Crippen LogP contribution in [0.3, 0.4) is 0 Å². The molecule has 27 heavy (non-hydrogen) atoms. The lowest BCUT2D eigenvalue weighted by Gasteiger charge is -2.18. The highest BCUT2D eigenvalue weighted by molar-refractivity contribution is 6.55. The molecule has 10 heteroatoms. The molecule has 0 saturated carbocycles. The second-order valence-corrected chi connectivity index (χ2v) is 7.12. The van der Waals surface area contributed by atoms with Gasteiger partial charge in [0, 0.05) is 11.6 Å². The molecule has 2 aromatic rings. The van der Waals surface area contributed by atoms with E-state index in [-0.39, 0.29) is 37.8 Å². The molecule has 1 aliphatic rings. The summed E-state index contributed by atoms with van der Waals surface area (Å²) in [7, 11) is 2.90. The third-order valence-corrected chi connectivity index (χ3v) is 5.95. The van der Waals surface area contributed by atoms with Crippen LogP contribution in [0.1, 0.15) is 26.3 Å². The van der Waals surface area contributed by atoms with Crippen molar-refractivity contribution in [2.75, 3.05) is 20.0 Å². The van der Waals surface area contributed by atoms with Crippen molar-refractivity contribution in [1.29, 1.82) is 0 Å². The van der Waals surface area contributed by atoms with Gasteiger partial charge in [0.05, 0.1) is 57.7 Å². The monoisotopic (exact) mass is 448 g/mol. The van der Waals surface area contributed by atoms with Gasteiger partial charge in [-0.05, 0) is 6.07 Å². The molecule has 0 saturated heterocycles. The van der Waals surface area contributed by atoms with Gasteiger partial charge in [0.2, 0.25) is 0 Å². The fourth-order valence-electron chi connectivity index (χ4n) is 2.82. The first-order valence-corrected chi connectivity index (χ1v) is 8.96. The van der Waals surface area contributed by atoms with E-state index in [1.54, 1.807) is 12.1 Å². The number of nitrogens with zero attached hydrogens (tertiary/aromatic N) is 1. The summed E-state index contributed by atoms with van der Waals surface area (Å²) in [5, 5.41) is -0.416. The first kappa shape index (κ1) is 19.9. The lowest BCUT2D eigenvalue weighted by molar-refractivity contribution is 0.0641. The average Bonchev–Trinajstić information content (AvgIpc) is 2.90. The lowest BCUT2D eigenvalue weighted by atomic mass is 10.1. The van der Waals surface area contributed by atoms with Crippen LogP contribution in [-0.4, -0.2) is 30.9 Å². The first-order chi connectivity index (χ1) is 12.7. The summed E-state index contributed by atoms with van der Waals surface area (Å²) in [6, 6.07) is 3.13. The van der Waals surface area contributed by atoms with E-state index < -0.39 is 11.8 Å². The largest absolute Gasteiger partial charge is 0.496 e. The quantitative estimate of drug-likeness (QED) is 0.316. The second-order valence-electron chi connectivity index (χ2n) is 5.61. The topological polar surface area (TPSA) is 81.9 Å². The van der Waals surface area contributed by atoms with E-state index >= 15 is 0 Å². The Hall–Kier alpha value is -1.86. The summed E-state index contributed by atoms with van der Waals surface area (Å²) in [5.41, 5.74) is 6.56. The zero-order valence-electron chi connectivity index (χ0n) is 14.0. The maximum atomic E-state index is 12.8. The van der Waals surface area contributed by atoms with Gasteiger partial charge >= 0.3 is 0 Å². The van der Waals surface area contributed by atoms with Gasteiger partial charge in [0.15, 0.2) is 0 Å². The molecule has 0 spiro atoms. The smallest absolute Gasteiger partial charge is 0.263 e. The number of methoxy groups -OCH3 is 2. The average molecular weight is 450 g/mol. The highest BCUT2D eigenvalue weighted by Gasteiger charge is 2.41. The van der Waals surface area contributed by atoms with E-state index in [2.05, 4.69) is 0 Å². The predicted octanol–water partition coefficient (Wildman–Crippen LogP) is 4.70. The van der Waals surface area contributed by atoms with Crippen LogP contribution in [0.2, 0.25) is 20.1 Å². The van der Waals surface area contributed by atoms with Gasteiger partial charge in [-0.25, -0.2) is 0 Å². The maximum absolute atomic E-state index is 12.8. The number of amides is 2. The number of carbonyl (C=O) groups excluding carboxylic acids is 2. The minimum absolute atomic E-state index is 0.0811. The first-order valence-electron chi connectivity index (χ1n) is 7.45. The molecule has 0 atom stereocenters. The number of imide groups is 1. The van der Waals surface area contributed by atoms with Crippen LogP contribution in [-0.2, 0) is 6.54 Å². The zero-order valence-corrected chi connectivity index (χ0v) is 17.1. The van der Waals surface area contributed by atoms with Gasteiger partial charge in [0.1, 0.15) is 11.5 Å². The third kappa shape index (κ3) is 3.06. The molecule has 3 rings (SSSR count). The number of fused-ring (bicyclic) bond motifs is 1. The van der Waals surface area contributed by atoms with Gasteiger partial charge < -0.3 is 15.2 Å². The van der Waals surface area contributed by atoms with Gasteiger partial charge in [-0.15, -0.1) is 0 Å². The Morgan fingerprint density at radius 2 is 1.33 bits per heavy atom. The Balaban J connectivity index is 2.09. The lowest BCUT2D eigenvalue weighted by Crippen LogP contribution is -2.29. The number of hydrogen-bond donors (Lipinski definition) is 1. The van der Waals surface area contributed by atoms with Crippen molar-refractivity contribution < 1.29 is 19.1 Å². The van der Waals surface area contributed by atoms with Crippen LogP contribution in [0.4, 0.5) is 5.69 Å². The van der Waals surface area contributed by atoms with Crippen LogP contribution < -0.4 is 15.2 Å². The number of benzene rings is 2. The fourth-order valence-corrected chi connectivity index (χ4v) is 3.83. The molecular weight excluding hydrogens is 438 g/mol. The third-order valence-electron chi connectivity index (χ3n) is 4.15. The van der Waals surface area contributed by atoms with E-state index in [4.69, 9.17) is 61.6 Å². The Bertz CT molecular complexity index is 947. The Morgan fingerprint density at radius 3 is 1.78 bits per heavy atom. The number of anilines is 1. The SMILES string of the molecule is COc1cc(CN2C(=O)c3c(Cl)c(Cl)c(Cl)c(Cl)c3C2=O)c(OC)cc1N. The Labute approximate surface area is 174 Å². The molecule has 1 heterocycles. The van der Waals surface area contributed by atoms with Crippen LogP contribution >= 0.6 is 46.4 Å². The molecule has 0 unspecified atom stereocenters. The number of nitrogens with two attached hydrogens (primary N) is 1. The van der Waals surface area contributed by atoms with E-state index in [1.165, 1.54) is 14.2 Å². The van der Waals surface area contributed by atoms with E-state index in [0.717, 1.165) is 4.90 Å².